The fourth-order valence-corrected chi connectivity index (χ4v) is 14.2. The molecule has 0 aromatic heterocycles. The number of rotatable bonds is 8. The van der Waals surface area contributed by atoms with Crippen LogP contribution in [0.3, 0.4) is 0 Å². The first-order valence-electron chi connectivity index (χ1n) is 11.6. The highest BCUT2D eigenvalue weighted by Gasteiger charge is 2.51. The highest BCUT2D eigenvalue weighted by Crippen LogP contribution is 2.48. The molecule has 0 amide bonds. The largest absolute Gasteiger partial charge is 0.454 e. The first kappa shape index (κ1) is 25.7. The van der Waals surface area contributed by atoms with E-state index in [9.17, 15) is 0 Å². The molecule has 0 aliphatic rings. The summed E-state index contributed by atoms with van der Waals surface area (Å²) in [6.07, 6.45) is 1.96. The van der Waals surface area contributed by atoms with E-state index in [4.69, 9.17) is 15.6 Å². The van der Waals surface area contributed by atoms with Crippen molar-refractivity contribution in [3.8, 4) is 0 Å². The molecule has 0 saturated heterocycles. The summed E-state index contributed by atoms with van der Waals surface area (Å²) < 4.78 is 7.47. The third kappa shape index (κ3) is 6.24. The predicted molar refractivity (Wildman–Crippen MR) is 142 cm³/mol. The fourth-order valence-electron chi connectivity index (χ4n) is 3.93. The van der Waals surface area contributed by atoms with Crippen molar-refractivity contribution in [2.45, 2.75) is 89.6 Å². The van der Waals surface area contributed by atoms with Crippen LogP contribution in [0.4, 0.5) is 11.4 Å². The Kier molecular flexibility index (Phi) is 7.88. The summed E-state index contributed by atoms with van der Waals surface area (Å²) in [5.74, 6) is 0. The zero-order valence-electron chi connectivity index (χ0n) is 21.0. The predicted octanol–water partition coefficient (Wildman–Crippen LogP) is 7.40. The van der Waals surface area contributed by atoms with Gasteiger partial charge in [0.2, 0.25) is 0 Å². The van der Waals surface area contributed by atoms with E-state index in [1.807, 2.05) is 24.3 Å². The van der Waals surface area contributed by atoms with E-state index in [1.54, 1.807) is 0 Å². The summed E-state index contributed by atoms with van der Waals surface area (Å²) in [5.41, 5.74) is 16.8. The monoisotopic (exact) mass is 456 g/mol. The van der Waals surface area contributed by atoms with Crippen LogP contribution < -0.4 is 11.5 Å². The van der Waals surface area contributed by atoms with Gasteiger partial charge >= 0.3 is 0 Å². The molecular weight excluding hydrogens is 412 g/mol. The lowest BCUT2D eigenvalue weighted by Gasteiger charge is -2.50. The molecule has 31 heavy (non-hydrogen) atoms. The highest BCUT2D eigenvalue weighted by molar-refractivity contribution is 6.88. The Bertz CT molecular complexity index is 801. The summed E-state index contributed by atoms with van der Waals surface area (Å²) >= 11 is 0. The van der Waals surface area contributed by atoms with Crippen molar-refractivity contribution in [2.24, 2.45) is 0 Å². The lowest BCUT2D eigenvalue weighted by molar-refractivity contribution is 0.431. The number of anilines is 2. The summed E-state index contributed by atoms with van der Waals surface area (Å²) in [6, 6.07) is 18.7. The molecule has 5 heteroatoms. The third-order valence-electron chi connectivity index (χ3n) is 7.48. The maximum Gasteiger partial charge on any atom is 0.182 e. The van der Waals surface area contributed by atoms with Crippen molar-refractivity contribution >= 4 is 28.0 Å². The van der Waals surface area contributed by atoms with E-state index >= 15 is 0 Å². The van der Waals surface area contributed by atoms with Crippen LogP contribution in [-0.2, 0) is 17.0 Å². The molecule has 0 spiro atoms. The maximum absolute atomic E-state index is 7.47. The van der Waals surface area contributed by atoms with Gasteiger partial charge in [0.1, 0.15) is 0 Å². The van der Waals surface area contributed by atoms with Crippen LogP contribution in [0.15, 0.2) is 48.5 Å². The second-order valence-corrected chi connectivity index (χ2v) is 21.2. The Labute approximate surface area is 192 Å². The van der Waals surface area contributed by atoms with Crippen LogP contribution in [0, 0.1) is 0 Å². The van der Waals surface area contributed by atoms with Gasteiger partial charge in [-0.15, -0.1) is 0 Å². The summed E-state index contributed by atoms with van der Waals surface area (Å²) in [4.78, 5) is 0. The fraction of sp³-hybridized carbons (Fsp3) is 0.538. The SMILES string of the molecule is CC(C)(C)[Si](C)(CCc1ccccc1N)O[Si](C)(CCc1ccccc1N)C(C)(C)C. The standard InChI is InChI=1S/C26H44N2OSi2/c1-25(2,3)30(7,19-17-21-13-9-11-15-23(21)27)29-31(8,26(4,5)6)20-18-22-14-10-12-16-24(22)28/h9-16H,17-20,27-28H2,1-8H3. The highest BCUT2D eigenvalue weighted by atomic mass is 28.4. The van der Waals surface area contributed by atoms with Crippen LogP contribution >= 0.6 is 0 Å². The Morgan fingerprint density at radius 2 is 0.968 bits per heavy atom. The van der Waals surface area contributed by atoms with Crippen molar-refractivity contribution in [3.63, 3.8) is 0 Å². The van der Waals surface area contributed by atoms with Gasteiger partial charge in [-0.25, -0.2) is 0 Å². The Balaban J connectivity index is 2.30. The molecule has 0 fully saturated rings. The molecular formula is C26H44N2OSi2. The van der Waals surface area contributed by atoms with Gasteiger partial charge in [-0.2, -0.15) is 0 Å². The van der Waals surface area contributed by atoms with Gasteiger partial charge in [-0.05, 0) is 71.4 Å². The van der Waals surface area contributed by atoms with Crippen LogP contribution in [0.5, 0.6) is 0 Å². The Morgan fingerprint density at radius 1 is 0.645 bits per heavy atom. The number of benzene rings is 2. The zero-order valence-corrected chi connectivity index (χ0v) is 23.0. The van der Waals surface area contributed by atoms with Gasteiger partial charge in [0.25, 0.3) is 0 Å². The van der Waals surface area contributed by atoms with Crippen molar-refractivity contribution in [1.29, 1.82) is 0 Å². The smallest absolute Gasteiger partial charge is 0.182 e. The summed E-state index contributed by atoms with van der Waals surface area (Å²) in [5, 5.41) is 0.281. The normalized spacial score (nSPS) is 16.5. The maximum atomic E-state index is 7.47. The molecule has 0 radical (unpaired) electrons. The van der Waals surface area contributed by atoms with Gasteiger partial charge in [0.15, 0.2) is 16.6 Å². The number of para-hydroxylation sites is 2. The second kappa shape index (κ2) is 9.51. The molecule has 0 bridgehead atoms. The Morgan fingerprint density at radius 3 is 1.26 bits per heavy atom. The minimum atomic E-state index is -2.08. The average molecular weight is 457 g/mol. The van der Waals surface area contributed by atoms with Crippen molar-refractivity contribution in [3.05, 3.63) is 59.7 Å². The molecule has 0 aliphatic heterocycles. The van der Waals surface area contributed by atoms with E-state index in [0.29, 0.717) is 0 Å². The molecule has 3 nitrogen and oxygen atoms in total. The molecule has 2 unspecified atom stereocenters. The number of nitrogens with two attached hydrogens (primary N) is 2. The van der Waals surface area contributed by atoms with Gasteiger partial charge in [-0.1, -0.05) is 77.9 Å². The molecule has 0 aliphatic carbocycles. The number of hydrogen-bond donors (Lipinski definition) is 2. The van der Waals surface area contributed by atoms with E-state index < -0.39 is 16.6 Å². The molecule has 4 N–H and O–H groups in total. The van der Waals surface area contributed by atoms with Crippen LogP contribution in [0.2, 0.25) is 35.3 Å². The van der Waals surface area contributed by atoms with Crippen molar-refractivity contribution < 1.29 is 4.12 Å². The van der Waals surface area contributed by atoms with Gasteiger partial charge in [0.05, 0.1) is 0 Å². The molecule has 2 atom stereocenters. The van der Waals surface area contributed by atoms with E-state index in [1.165, 1.54) is 11.1 Å². The molecule has 2 aromatic rings. The molecule has 0 heterocycles. The second-order valence-electron chi connectivity index (χ2n) is 11.5. The third-order valence-corrected chi connectivity index (χ3v) is 19.8. The van der Waals surface area contributed by atoms with Gasteiger partial charge < -0.3 is 15.6 Å². The number of hydrogen-bond acceptors (Lipinski definition) is 3. The molecule has 2 rings (SSSR count). The first-order valence-corrected chi connectivity index (χ1v) is 16.8. The minimum Gasteiger partial charge on any atom is -0.454 e. The van der Waals surface area contributed by atoms with Gasteiger partial charge in [-0.3, -0.25) is 0 Å². The summed E-state index contributed by atoms with van der Waals surface area (Å²) in [7, 11) is -4.16. The first-order chi connectivity index (χ1) is 14.2. The quantitative estimate of drug-likeness (QED) is 0.321. The average Bonchev–Trinajstić information content (AvgIpc) is 2.65. The van der Waals surface area contributed by atoms with Gasteiger partial charge in [0, 0.05) is 11.4 Å². The lowest BCUT2D eigenvalue weighted by atomic mass is 10.1. The van der Waals surface area contributed by atoms with Crippen molar-refractivity contribution in [2.75, 3.05) is 11.5 Å². The minimum absolute atomic E-state index is 0.141. The Hall–Kier alpha value is -1.57. The molecule has 2 aromatic carbocycles. The zero-order chi connectivity index (χ0) is 23.5. The molecule has 172 valence electrons. The molecule has 0 saturated carbocycles. The number of nitrogen functional groups attached to an aromatic ring is 2. The lowest BCUT2D eigenvalue weighted by Crippen LogP contribution is -2.57. The number of aryl methyl sites for hydroxylation is 2. The topological polar surface area (TPSA) is 61.3 Å². The van der Waals surface area contributed by atoms with Crippen LogP contribution in [0.25, 0.3) is 0 Å². The van der Waals surface area contributed by atoms with E-state index in [2.05, 4.69) is 78.9 Å². The van der Waals surface area contributed by atoms with E-state index in [-0.39, 0.29) is 10.1 Å². The van der Waals surface area contributed by atoms with Crippen LogP contribution in [0.1, 0.15) is 52.7 Å². The summed E-state index contributed by atoms with van der Waals surface area (Å²) in [6.45, 7) is 19.1. The van der Waals surface area contributed by atoms with Crippen LogP contribution in [-0.4, -0.2) is 16.6 Å². The van der Waals surface area contributed by atoms with Crippen molar-refractivity contribution in [1.82, 2.24) is 0 Å². The van der Waals surface area contributed by atoms with E-state index in [0.717, 1.165) is 36.3 Å².